The van der Waals surface area contributed by atoms with Crippen molar-refractivity contribution in [1.82, 2.24) is 0 Å². The number of amides is 1. The molecule has 4 nitrogen and oxygen atoms in total. The summed E-state index contributed by atoms with van der Waals surface area (Å²) in [5, 5.41) is -0.0466. The predicted octanol–water partition coefficient (Wildman–Crippen LogP) is 3.48. The molecule has 0 bridgehead atoms. The van der Waals surface area contributed by atoms with Crippen LogP contribution in [0.25, 0.3) is 0 Å². The van der Waals surface area contributed by atoms with Crippen molar-refractivity contribution in [2.75, 3.05) is 24.9 Å². The van der Waals surface area contributed by atoms with Crippen molar-refractivity contribution in [2.24, 2.45) is 0 Å². The van der Waals surface area contributed by atoms with E-state index in [1.165, 1.54) is 0 Å². The lowest BCUT2D eigenvalue weighted by Gasteiger charge is -2.24. The van der Waals surface area contributed by atoms with Crippen LogP contribution in [0, 0.1) is 0 Å². The van der Waals surface area contributed by atoms with Crippen molar-refractivity contribution in [3.63, 3.8) is 0 Å². The summed E-state index contributed by atoms with van der Waals surface area (Å²) < 4.78 is 10.6. The lowest BCUT2D eigenvalue weighted by molar-refractivity contribution is -0.115. The molecule has 22 heavy (non-hydrogen) atoms. The van der Waals surface area contributed by atoms with Gasteiger partial charge in [-0.2, -0.15) is 0 Å². The Morgan fingerprint density at radius 2 is 1.77 bits per heavy atom. The molecule has 1 heterocycles. The van der Waals surface area contributed by atoms with Gasteiger partial charge in [0.15, 0.2) is 11.5 Å². The second-order valence-electron chi connectivity index (χ2n) is 4.88. The number of thioether (sulfide) groups is 1. The number of hydrogen-bond acceptors (Lipinski definition) is 4. The highest BCUT2D eigenvalue weighted by molar-refractivity contribution is 8.00. The Hall–Kier alpha value is -2.14. The Morgan fingerprint density at radius 3 is 2.45 bits per heavy atom. The van der Waals surface area contributed by atoms with Gasteiger partial charge in [-0.1, -0.05) is 24.3 Å². The van der Waals surface area contributed by atoms with Gasteiger partial charge in [0.1, 0.15) is 5.37 Å². The Morgan fingerprint density at radius 1 is 1.05 bits per heavy atom. The number of ether oxygens (including phenoxy) is 2. The highest BCUT2D eigenvalue weighted by Crippen LogP contribution is 2.43. The third-order valence-corrected chi connectivity index (χ3v) is 4.81. The molecule has 1 aliphatic heterocycles. The van der Waals surface area contributed by atoms with E-state index in [2.05, 4.69) is 0 Å². The zero-order chi connectivity index (χ0) is 15.5. The van der Waals surface area contributed by atoms with E-state index >= 15 is 0 Å². The van der Waals surface area contributed by atoms with Crippen molar-refractivity contribution in [1.29, 1.82) is 0 Å². The quantitative estimate of drug-likeness (QED) is 0.866. The number of carbonyl (C=O) groups is 1. The van der Waals surface area contributed by atoms with Crippen LogP contribution in [-0.2, 0) is 4.79 Å². The standard InChI is InChI=1S/C17H17NO3S/c1-20-14-9-8-12(10-15(14)21-2)17-18(16(19)11-22-17)13-6-4-3-5-7-13/h3-10,17H,11H2,1-2H3/t17-/m0/s1. The highest BCUT2D eigenvalue weighted by atomic mass is 32.2. The van der Waals surface area contributed by atoms with Gasteiger partial charge in [-0.15, -0.1) is 11.8 Å². The summed E-state index contributed by atoms with van der Waals surface area (Å²) >= 11 is 1.62. The van der Waals surface area contributed by atoms with Crippen LogP contribution in [0.1, 0.15) is 10.9 Å². The number of hydrogen-bond donors (Lipinski definition) is 0. The molecule has 0 radical (unpaired) electrons. The zero-order valence-corrected chi connectivity index (χ0v) is 13.3. The molecule has 0 saturated carbocycles. The minimum absolute atomic E-state index is 0.0466. The van der Waals surface area contributed by atoms with Crippen LogP contribution in [0.4, 0.5) is 5.69 Å². The van der Waals surface area contributed by atoms with Gasteiger partial charge in [0.25, 0.3) is 0 Å². The molecular weight excluding hydrogens is 298 g/mol. The maximum atomic E-state index is 12.3. The van der Waals surface area contributed by atoms with E-state index in [9.17, 15) is 4.79 Å². The maximum absolute atomic E-state index is 12.3. The van der Waals surface area contributed by atoms with E-state index in [0.29, 0.717) is 17.3 Å². The Balaban J connectivity index is 1.98. The highest BCUT2D eigenvalue weighted by Gasteiger charge is 2.34. The fourth-order valence-electron chi connectivity index (χ4n) is 2.54. The number of para-hydroxylation sites is 1. The van der Waals surface area contributed by atoms with Crippen molar-refractivity contribution in [3.8, 4) is 11.5 Å². The first-order valence-corrected chi connectivity index (χ1v) is 8.00. The molecule has 1 fully saturated rings. The van der Waals surface area contributed by atoms with Gasteiger partial charge in [-0.25, -0.2) is 0 Å². The molecule has 0 unspecified atom stereocenters. The Bertz CT molecular complexity index is 675. The van der Waals surface area contributed by atoms with Crippen LogP contribution in [0.2, 0.25) is 0 Å². The SMILES string of the molecule is COc1ccc([C@@H]2SCC(=O)N2c2ccccc2)cc1OC. The average molecular weight is 315 g/mol. The summed E-state index contributed by atoms with van der Waals surface area (Å²) in [5.74, 6) is 1.96. The van der Waals surface area contributed by atoms with Crippen LogP contribution in [0.3, 0.4) is 0 Å². The minimum Gasteiger partial charge on any atom is -0.493 e. The summed E-state index contributed by atoms with van der Waals surface area (Å²) in [5.41, 5.74) is 1.94. The fraction of sp³-hybridized carbons (Fsp3) is 0.235. The van der Waals surface area contributed by atoms with Crippen LogP contribution in [0.15, 0.2) is 48.5 Å². The van der Waals surface area contributed by atoms with Gasteiger partial charge in [0.2, 0.25) is 5.91 Å². The second-order valence-corrected chi connectivity index (χ2v) is 5.95. The summed E-state index contributed by atoms with van der Waals surface area (Å²) in [7, 11) is 3.23. The van der Waals surface area contributed by atoms with Crippen molar-refractivity contribution >= 4 is 23.4 Å². The first-order valence-electron chi connectivity index (χ1n) is 6.95. The summed E-state index contributed by atoms with van der Waals surface area (Å²) in [6.07, 6.45) is 0. The number of nitrogens with zero attached hydrogens (tertiary/aromatic N) is 1. The Kier molecular flexibility index (Phi) is 4.24. The van der Waals surface area contributed by atoms with Crippen molar-refractivity contribution in [2.45, 2.75) is 5.37 Å². The molecule has 114 valence electrons. The van der Waals surface area contributed by atoms with Crippen molar-refractivity contribution in [3.05, 3.63) is 54.1 Å². The Labute approximate surface area is 134 Å². The second kappa shape index (κ2) is 6.32. The van der Waals surface area contributed by atoms with E-state index < -0.39 is 0 Å². The molecule has 5 heteroatoms. The molecule has 0 N–H and O–H groups in total. The van der Waals surface area contributed by atoms with Gasteiger partial charge in [0, 0.05) is 5.69 Å². The van der Waals surface area contributed by atoms with Crippen LogP contribution < -0.4 is 14.4 Å². The predicted molar refractivity (Wildman–Crippen MR) is 88.7 cm³/mol. The van der Waals surface area contributed by atoms with E-state index in [-0.39, 0.29) is 11.3 Å². The largest absolute Gasteiger partial charge is 0.493 e. The molecule has 0 aromatic heterocycles. The summed E-state index contributed by atoms with van der Waals surface area (Å²) in [6, 6.07) is 15.5. The summed E-state index contributed by atoms with van der Waals surface area (Å²) in [4.78, 5) is 14.1. The molecule has 1 aliphatic rings. The molecule has 1 saturated heterocycles. The fourth-order valence-corrected chi connectivity index (χ4v) is 3.71. The number of anilines is 1. The molecule has 1 amide bonds. The van der Waals surface area contributed by atoms with Gasteiger partial charge in [-0.05, 0) is 29.8 Å². The van der Waals surface area contributed by atoms with Crippen LogP contribution in [0.5, 0.6) is 11.5 Å². The number of carbonyl (C=O) groups excluding carboxylic acids is 1. The first-order chi connectivity index (χ1) is 10.7. The van der Waals surface area contributed by atoms with E-state index in [0.717, 1.165) is 11.3 Å². The molecule has 0 spiro atoms. The number of methoxy groups -OCH3 is 2. The molecule has 1 atom stereocenters. The molecule has 2 aromatic rings. The third kappa shape index (κ3) is 2.64. The van der Waals surface area contributed by atoms with E-state index in [1.54, 1.807) is 26.0 Å². The lowest BCUT2D eigenvalue weighted by Crippen LogP contribution is -2.27. The van der Waals surface area contributed by atoms with E-state index in [1.807, 2.05) is 53.4 Å². The number of benzene rings is 2. The van der Waals surface area contributed by atoms with Crippen LogP contribution >= 0.6 is 11.8 Å². The molecule has 2 aromatic carbocycles. The maximum Gasteiger partial charge on any atom is 0.238 e. The molecule has 3 rings (SSSR count). The molecular formula is C17H17NO3S. The van der Waals surface area contributed by atoms with Gasteiger partial charge < -0.3 is 9.47 Å². The number of rotatable bonds is 4. The zero-order valence-electron chi connectivity index (χ0n) is 12.5. The normalized spacial score (nSPS) is 17.6. The van der Waals surface area contributed by atoms with Gasteiger partial charge in [-0.3, -0.25) is 9.69 Å². The topological polar surface area (TPSA) is 38.8 Å². The smallest absolute Gasteiger partial charge is 0.238 e. The average Bonchev–Trinajstić information content (AvgIpc) is 2.96. The third-order valence-electron chi connectivity index (χ3n) is 3.59. The monoisotopic (exact) mass is 315 g/mol. The van der Waals surface area contributed by atoms with Crippen molar-refractivity contribution < 1.29 is 14.3 Å². The lowest BCUT2D eigenvalue weighted by atomic mass is 10.1. The summed E-state index contributed by atoms with van der Waals surface area (Å²) in [6.45, 7) is 0. The van der Waals surface area contributed by atoms with Gasteiger partial charge in [0.05, 0.1) is 20.0 Å². The van der Waals surface area contributed by atoms with Crippen LogP contribution in [-0.4, -0.2) is 25.9 Å². The van der Waals surface area contributed by atoms with E-state index in [4.69, 9.17) is 9.47 Å². The first kappa shape index (κ1) is 14.8. The van der Waals surface area contributed by atoms with Gasteiger partial charge >= 0.3 is 0 Å². The minimum atomic E-state index is -0.0466. The molecule has 0 aliphatic carbocycles.